The van der Waals surface area contributed by atoms with Crippen molar-refractivity contribution < 1.29 is 9.90 Å². The number of anilines is 1. The van der Waals surface area contributed by atoms with Crippen molar-refractivity contribution >= 4 is 11.8 Å². The number of aliphatic hydroxyl groups excluding tert-OH is 1. The van der Waals surface area contributed by atoms with E-state index in [0.717, 1.165) is 18.4 Å². The molecule has 0 spiro atoms. The van der Waals surface area contributed by atoms with Gasteiger partial charge >= 0.3 is 6.03 Å². The molecule has 114 valence electrons. The fraction of sp³-hybridized carbons (Fsp3) is 0.312. The molecule has 0 aliphatic heterocycles. The summed E-state index contributed by atoms with van der Waals surface area (Å²) in [4.78, 5) is 14.2. The van der Waals surface area contributed by atoms with Gasteiger partial charge in [-0.25, -0.2) is 4.79 Å². The van der Waals surface area contributed by atoms with Gasteiger partial charge in [0.15, 0.2) is 5.82 Å². The summed E-state index contributed by atoms with van der Waals surface area (Å²) < 4.78 is 0. The molecule has 1 aliphatic rings. The van der Waals surface area contributed by atoms with Gasteiger partial charge in [0.25, 0.3) is 0 Å². The second kappa shape index (κ2) is 6.53. The number of hydrogen-bond acceptors (Lipinski definition) is 4. The maximum absolute atomic E-state index is 12.5. The zero-order valence-corrected chi connectivity index (χ0v) is 12.1. The first-order valence-corrected chi connectivity index (χ1v) is 7.33. The molecular weight excluding hydrogens is 280 g/mol. The van der Waals surface area contributed by atoms with Crippen molar-refractivity contribution in [2.45, 2.75) is 18.9 Å². The topological polar surface area (TPSA) is 78.4 Å². The van der Waals surface area contributed by atoms with Crippen molar-refractivity contribution in [2.75, 3.05) is 18.5 Å². The van der Waals surface area contributed by atoms with E-state index in [0.29, 0.717) is 5.82 Å². The Balaban J connectivity index is 1.80. The van der Waals surface area contributed by atoms with Gasteiger partial charge < -0.3 is 10.0 Å². The molecular formula is C16H18N4O2. The second-order valence-corrected chi connectivity index (χ2v) is 5.21. The van der Waals surface area contributed by atoms with E-state index in [9.17, 15) is 9.90 Å². The molecule has 1 aromatic heterocycles. The van der Waals surface area contributed by atoms with Crippen LogP contribution in [0.15, 0.2) is 42.6 Å². The van der Waals surface area contributed by atoms with Gasteiger partial charge in [-0.15, -0.1) is 5.10 Å². The highest BCUT2D eigenvalue weighted by Gasteiger charge is 2.30. The van der Waals surface area contributed by atoms with E-state index in [1.807, 2.05) is 18.2 Å². The molecule has 3 rings (SSSR count). The number of hydrogen-bond donors (Lipinski definition) is 2. The smallest absolute Gasteiger partial charge is 0.323 e. The van der Waals surface area contributed by atoms with Gasteiger partial charge in [0.05, 0.1) is 12.6 Å². The van der Waals surface area contributed by atoms with Gasteiger partial charge in [-0.1, -0.05) is 24.3 Å². The molecule has 1 heterocycles. The predicted molar refractivity (Wildman–Crippen MR) is 82.3 cm³/mol. The number of rotatable bonds is 4. The number of carbonyl (C=O) groups excluding carboxylic acids is 1. The lowest BCUT2D eigenvalue weighted by Gasteiger charge is -2.29. The van der Waals surface area contributed by atoms with Gasteiger partial charge in [0.2, 0.25) is 0 Å². The Kier molecular flexibility index (Phi) is 4.29. The Morgan fingerprint density at radius 1 is 1.32 bits per heavy atom. The summed E-state index contributed by atoms with van der Waals surface area (Å²) in [6.07, 6.45) is 3.36. The summed E-state index contributed by atoms with van der Waals surface area (Å²) >= 11 is 0. The Hall–Kier alpha value is -2.47. The van der Waals surface area contributed by atoms with Crippen LogP contribution in [0.5, 0.6) is 0 Å². The molecule has 2 aromatic rings. The maximum atomic E-state index is 12.5. The maximum Gasteiger partial charge on any atom is 0.323 e. The van der Waals surface area contributed by atoms with E-state index in [2.05, 4.69) is 21.6 Å². The minimum atomic E-state index is -0.267. The summed E-state index contributed by atoms with van der Waals surface area (Å²) in [7, 11) is 0. The summed E-state index contributed by atoms with van der Waals surface area (Å²) in [6.45, 7) is 0.206. The molecule has 0 bridgehead atoms. The molecule has 0 saturated heterocycles. The van der Waals surface area contributed by atoms with Crippen molar-refractivity contribution in [2.24, 2.45) is 0 Å². The van der Waals surface area contributed by atoms with Crippen LogP contribution in [0.2, 0.25) is 0 Å². The molecule has 0 radical (unpaired) electrons. The first-order chi connectivity index (χ1) is 10.8. The number of urea groups is 1. The predicted octanol–water partition coefficient (Wildman–Crippen LogP) is 1.99. The summed E-state index contributed by atoms with van der Waals surface area (Å²) in [5.74, 6) is 0.404. The standard InChI is InChI=1S/C16H18N4O2/c21-11-10-20(16(22)18-15-6-3-9-17-19-15)14-8-7-12-4-1-2-5-13(12)14/h1-6,9,14,21H,7-8,10-11H2,(H,18,19,22). The van der Waals surface area contributed by atoms with Crippen molar-refractivity contribution in [3.8, 4) is 0 Å². The van der Waals surface area contributed by atoms with Crippen LogP contribution in [0, 0.1) is 0 Å². The van der Waals surface area contributed by atoms with Gasteiger partial charge in [-0.3, -0.25) is 5.32 Å². The van der Waals surface area contributed by atoms with Crippen molar-refractivity contribution in [1.29, 1.82) is 0 Å². The monoisotopic (exact) mass is 298 g/mol. The van der Waals surface area contributed by atoms with Gasteiger partial charge in [0.1, 0.15) is 0 Å². The van der Waals surface area contributed by atoms with E-state index >= 15 is 0 Å². The second-order valence-electron chi connectivity index (χ2n) is 5.21. The zero-order valence-electron chi connectivity index (χ0n) is 12.1. The van der Waals surface area contributed by atoms with Crippen LogP contribution >= 0.6 is 0 Å². The molecule has 2 amide bonds. The Labute approximate surface area is 128 Å². The summed E-state index contributed by atoms with van der Waals surface area (Å²) in [5, 5.41) is 19.7. The van der Waals surface area contributed by atoms with Gasteiger partial charge in [0, 0.05) is 12.7 Å². The molecule has 6 heteroatoms. The molecule has 0 saturated carbocycles. The van der Waals surface area contributed by atoms with Crippen LogP contribution in [-0.4, -0.2) is 39.4 Å². The lowest BCUT2D eigenvalue weighted by Crippen LogP contribution is -2.39. The Morgan fingerprint density at radius 2 is 2.18 bits per heavy atom. The largest absolute Gasteiger partial charge is 0.395 e. The third-order valence-electron chi connectivity index (χ3n) is 3.89. The summed E-state index contributed by atoms with van der Waals surface area (Å²) in [5.41, 5.74) is 2.42. The van der Waals surface area contributed by atoms with E-state index < -0.39 is 0 Å². The van der Waals surface area contributed by atoms with Crippen LogP contribution < -0.4 is 5.32 Å². The lowest BCUT2D eigenvalue weighted by molar-refractivity contribution is 0.162. The molecule has 1 unspecified atom stereocenters. The van der Waals surface area contributed by atoms with E-state index in [1.165, 1.54) is 5.56 Å². The highest BCUT2D eigenvalue weighted by molar-refractivity contribution is 5.88. The van der Waals surface area contributed by atoms with Crippen molar-refractivity contribution in [3.63, 3.8) is 0 Å². The SMILES string of the molecule is O=C(Nc1cccnn1)N(CCO)C1CCc2ccccc21. The quantitative estimate of drug-likeness (QED) is 0.905. The average Bonchev–Trinajstić information content (AvgIpc) is 2.97. The number of aromatic nitrogens is 2. The van der Waals surface area contributed by atoms with Crippen molar-refractivity contribution in [1.82, 2.24) is 15.1 Å². The minimum absolute atomic E-state index is 0.0139. The number of nitrogens with zero attached hydrogens (tertiary/aromatic N) is 3. The first-order valence-electron chi connectivity index (χ1n) is 7.33. The number of aliphatic hydroxyl groups is 1. The Bertz CT molecular complexity index is 648. The number of nitrogens with one attached hydrogen (secondary N) is 1. The molecule has 2 N–H and O–H groups in total. The van der Waals surface area contributed by atoms with E-state index in [4.69, 9.17) is 0 Å². The van der Waals surface area contributed by atoms with E-state index in [1.54, 1.807) is 23.2 Å². The van der Waals surface area contributed by atoms with Crippen LogP contribution in [0.1, 0.15) is 23.6 Å². The number of fused-ring (bicyclic) bond motifs is 1. The van der Waals surface area contributed by atoms with Crippen LogP contribution in [0.3, 0.4) is 0 Å². The number of carbonyl (C=O) groups is 1. The van der Waals surface area contributed by atoms with Crippen molar-refractivity contribution in [3.05, 3.63) is 53.7 Å². The average molecular weight is 298 g/mol. The fourth-order valence-electron chi connectivity index (χ4n) is 2.91. The van der Waals surface area contributed by atoms with E-state index in [-0.39, 0.29) is 25.2 Å². The molecule has 0 fully saturated rings. The van der Waals surface area contributed by atoms with Gasteiger partial charge in [-0.2, -0.15) is 5.10 Å². The number of aryl methyl sites for hydroxylation is 1. The number of benzene rings is 1. The first kappa shape index (κ1) is 14.5. The van der Waals surface area contributed by atoms with Gasteiger partial charge in [-0.05, 0) is 36.1 Å². The third-order valence-corrected chi connectivity index (χ3v) is 3.89. The normalized spacial score (nSPS) is 16.1. The minimum Gasteiger partial charge on any atom is -0.395 e. The lowest BCUT2D eigenvalue weighted by atomic mass is 10.1. The van der Waals surface area contributed by atoms with Crippen LogP contribution in [-0.2, 0) is 6.42 Å². The zero-order chi connectivity index (χ0) is 15.4. The molecule has 1 aromatic carbocycles. The van der Waals surface area contributed by atoms with Crippen LogP contribution in [0.25, 0.3) is 0 Å². The number of amides is 2. The molecule has 6 nitrogen and oxygen atoms in total. The van der Waals surface area contributed by atoms with Crippen LogP contribution in [0.4, 0.5) is 10.6 Å². The Morgan fingerprint density at radius 3 is 2.95 bits per heavy atom. The fourth-order valence-corrected chi connectivity index (χ4v) is 2.91. The molecule has 1 aliphatic carbocycles. The third kappa shape index (κ3) is 2.92. The molecule has 1 atom stereocenters. The highest BCUT2D eigenvalue weighted by atomic mass is 16.3. The summed E-state index contributed by atoms with van der Waals surface area (Å²) in [6, 6.07) is 11.2. The highest BCUT2D eigenvalue weighted by Crippen LogP contribution is 2.35. The molecule has 22 heavy (non-hydrogen) atoms.